The Morgan fingerprint density at radius 2 is 1.41 bits per heavy atom. The molecule has 1 saturated carbocycles. The fourth-order valence-corrected chi connectivity index (χ4v) is 3.43. The topological polar surface area (TPSA) is 32.3 Å². The van der Waals surface area contributed by atoms with Crippen LogP contribution in [0.1, 0.15) is 23.6 Å². The number of nitrogens with zero attached hydrogens (tertiary/aromatic N) is 1. The molecule has 2 unspecified atom stereocenters. The third-order valence-electron chi connectivity index (χ3n) is 4.80. The molecule has 4 rings (SSSR count). The number of carbonyl (C=O) groups is 1. The molecule has 2 fully saturated rings. The summed E-state index contributed by atoms with van der Waals surface area (Å²) in [6.07, 6.45) is 1.31. The van der Waals surface area contributed by atoms with Crippen LogP contribution in [0.15, 0.2) is 60.7 Å². The zero-order valence-electron chi connectivity index (χ0n) is 12.5. The number of hydrogen-bond acceptors (Lipinski definition) is 1. The maximum absolute atomic E-state index is 12.6. The minimum atomic E-state index is -0.0909. The lowest BCUT2D eigenvalue weighted by Crippen LogP contribution is -2.41. The van der Waals surface area contributed by atoms with E-state index in [1.807, 2.05) is 41.3 Å². The Kier molecular flexibility index (Phi) is 3.34. The third-order valence-corrected chi connectivity index (χ3v) is 4.80. The van der Waals surface area contributed by atoms with Crippen molar-refractivity contribution in [3.8, 4) is 0 Å². The van der Waals surface area contributed by atoms with Crippen LogP contribution in [0, 0.1) is 11.8 Å². The summed E-state index contributed by atoms with van der Waals surface area (Å²) >= 11 is 0. The van der Waals surface area contributed by atoms with Gasteiger partial charge in [-0.3, -0.25) is 0 Å². The number of urea groups is 1. The third kappa shape index (κ3) is 2.59. The van der Waals surface area contributed by atoms with Crippen molar-refractivity contribution in [2.75, 3.05) is 13.1 Å². The Labute approximate surface area is 131 Å². The molecule has 2 amide bonds. The van der Waals surface area contributed by atoms with E-state index in [1.165, 1.54) is 6.42 Å². The Morgan fingerprint density at radius 3 is 1.91 bits per heavy atom. The first-order chi connectivity index (χ1) is 10.8. The van der Waals surface area contributed by atoms with E-state index in [4.69, 9.17) is 0 Å². The molecule has 22 heavy (non-hydrogen) atoms. The van der Waals surface area contributed by atoms with Gasteiger partial charge in [-0.25, -0.2) is 4.79 Å². The van der Waals surface area contributed by atoms with E-state index in [0.717, 1.165) is 36.1 Å². The van der Waals surface area contributed by atoms with Gasteiger partial charge in [-0.05, 0) is 29.4 Å². The molecule has 0 aromatic heterocycles. The number of rotatable bonds is 3. The van der Waals surface area contributed by atoms with Crippen molar-refractivity contribution in [3.05, 3.63) is 71.8 Å². The van der Waals surface area contributed by atoms with E-state index in [9.17, 15) is 4.79 Å². The predicted octanol–water partition coefficient (Wildman–Crippen LogP) is 3.44. The van der Waals surface area contributed by atoms with Gasteiger partial charge in [0.1, 0.15) is 0 Å². The number of likely N-dealkylation sites (tertiary alicyclic amines) is 1. The Morgan fingerprint density at radius 1 is 0.909 bits per heavy atom. The number of fused-ring (bicyclic) bond motifs is 1. The quantitative estimate of drug-likeness (QED) is 0.923. The van der Waals surface area contributed by atoms with Crippen LogP contribution in [0.2, 0.25) is 0 Å². The molecule has 1 heterocycles. The largest absolute Gasteiger partial charge is 0.327 e. The first-order valence-corrected chi connectivity index (χ1v) is 7.96. The minimum Gasteiger partial charge on any atom is -0.327 e. The number of nitrogens with one attached hydrogen (secondary N) is 1. The molecule has 3 nitrogen and oxygen atoms in total. The summed E-state index contributed by atoms with van der Waals surface area (Å²) in [6, 6.07) is 20.3. The number of piperidine rings is 1. The summed E-state index contributed by atoms with van der Waals surface area (Å²) in [4.78, 5) is 14.6. The normalized spacial score (nSPS) is 22.5. The molecule has 2 atom stereocenters. The lowest BCUT2D eigenvalue weighted by atomic mass is 9.99. The maximum atomic E-state index is 12.6. The average molecular weight is 292 g/mol. The van der Waals surface area contributed by atoms with Crippen LogP contribution >= 0.6 is 0 Å². The van der Waals surface area contributed by atoms with Crippen LogP contribution in [-0.4, -0.2) is 24.0 Å². The van der Waals surface area contributed by atoms with Crippen molar-refractivity contribution in [2.24, 2.45) is 11.8 Å². The molecule has 112 valence electrons. The molecular formula is C19H20N2O. The van der Waals surface area contributed by atoms with E-state index < -0.39 is 0 Å². The van der Waals surface area contributed by atoms with E-state index in [-0.39, 0.29) is 12.1 Å². The molecule has 3 heteroatoms. The molecule has 0 spiro atoms. The molecule has 2 aromatic rings. The van der Waals surface area contributed by atoms with Gasteiger partial charge in [-0.15, -0.1) is 0 Å². The fourth-order valence-electron chi connectivity index (χ4n) is 3.43. The lowest BCUT2D eigenvalue weighted by Gasteiger charge is -2.25. The van der Waals surface area contributed by atoms with E-state index >= 15 is 0 Å². The van der Waals surface area contributed by atoms with Crippen LogP contribution in [0.5, 0.6) is 0 Å². The van der Waals surface area contributed by atoms with Gasteiger partial charge >= 0.3 is 6.03 Å². The van der Waals surface area contributed by atoms with Crippen LogP contribution in [0.4, 0.5) is 4.79 Å². The van der Waals surface area contributed by atoms with E-state index in [1.54, 1.807) is 0 Å². The van der Waals surface area contributed by atoms with Crippen LogP contribution < -0.4 is 5.32 Å². The highest BCUT2D eigenvalue weighted by atomic mass is 16.2. The molecular weight excluding hydrogens is 272 g/mol. The second-order valence-corrected chi connectivity index (χ2v) is 6.36. The summed E-state index contributed by atoms with van der Waals surface area (Å²) < 4.78 is 0. The second-order valence-electron chi connectivity index (χ2n) is 6.36. The predicted molar refractivity (Wildman–Crippen MR) is 86.4 cm³/mol. The first-order valence-electron chi connectivity index (χ1n) is 7.96. The van der Waals surface area contributed by atoms with Gasteiger partial charge in [0.2, 0.25) is 0 Å². The molecule has 1 N–H and O–H groups in total. The van der Waals surface area contributed by atoms with E-state index in [2.05, 4.69) is 29.6 Å². The van der Waals surface area contributed by atoms with Gasteiger partial charge in [0.05, 0.1) is 6.04 Å². The monoisotopic (exact) mass is 292 g/mol. The number of amides is 2. The van der Waals surface area contributed by atoms with Crippen molar-refractivity contribution in [1.82, 2.24) is 10.2 Å². The highest BCUT2D eigenvalue weighted by molar-refractivity contribution is 5.76. The summed E-state index contributed by atoms with van der Waals surface area (Å²) in [5.74, 6) is 1.52. The van der Waals surface area contributed by atoms with Gasteiger partial charge in [-0.2, -0.15) is 0 Å². The number of hydrogen-bond donors (Lipinski definition) is 1. The lowest BCUT2D eigenvalue weighted by molar-refractivity contribution is 0.201. The highest BCUT2D eigenvalue weighted by Gasteiger charge is 2.46. The van der Waals surface area contributed by atoms with E-state index in [0.29, 0.717) is 0 Å². The SMILES string of the molecule is O=C(NC(c1ccccc1)c1ccccc1)N1CC2CC2C1. The summed E-state index contributed by atoms with van der Waals surface area (Å²) in [7, 11) is 0. The molecule has 0 radical (unpaired) electrons. The molecule has 1 aliphatic carbocycles. The zero-order valence-corrected chi connectivity index (χ0v) is 12.5. The van der Waals surface area contributed by atoms with Crippen molar-refractivity contribution in [2.45, 2.75) is 12.5 Å². The summed E-state index contributed by atoms with van der Waals surface area (Å²) in [5, 5.41) is 3.22. The summed E-state index contributed by atoms with van der Waals surface area (Å²) in [6.45, 7) is 1.85. The highest BCUT2D eigenvalue weighted by Crippen LogP contribution is 2.44. The fraction of sp³-hybridized carbons (Fsp3) is 0.316. The van der Waals surface area contributed by atoms with Crippen molar-refractivity contribution < 1.29 is 4.79 Å². The van der Waals surface area contributed by atoms with Gasteiger partial charge in [0.15, 0.2) is 0 Å². The standard InChI is InChI=1S/C19H20N2O/c22-19(21-12-16-11-17(16)13-21)20-18(14-7-3-1-4-8-14)15-9-5-2-6-10-15/h1-10,16-18H,11-13H2,(H,20,22). The van der Waals surface area contributed by atoms with Crippen LogP contribution in [0.3, 0.4) is 0 Å². The van der Waals surface area contributed by atoms with Gasteiger partial charge in [0, 0.05) is 13.1 Å². The second kappa shape index (κ2) is 5.48. The van der Waals surface area contributed by atoms with Gasteiger partial charge < -0.3 is 10.2 Å². The summed E-state index contributed by atoms with van der Waals surface area (Å²) in [5.41, 5.74) is 2.23. The van der Waals surface area contributed by atoms with Crippen molar-refractivity contribution in [3.63, 3.8) is 0 Å². The molecule has 1 saturated heterocycles. The molecule has 1 aliphatic heterocycles. The van der Waals surface area contributed by atoms with Crippen LogP contribution in [0.25, 0.3) is 0 Å². The van der Waals surface area contributed by atoms with Gasteiger partial charge in [0.25, 0.3) is 0 Å². The molecule has 2 aromatic carbocycles. The van der Waals surface area contributed by atoms with Crippen molar-refractivity contribution >= 4 is 6.03 Å². The van der Waals surface area contributed by atoms with Crippen molar-refractivity contribution in [1.29, 1.82) is 0 Å². The number of benzene rings is 2. The molecule has 2 aliphatic rings. The Balaban J connectivity index is 1.56. The zero-order chi connectivity index (χ0) is 14.9. The van der Waals surface area contributed by atoms with Crippen LogP contribution in [-0.2, 0) is 0 Å². The smallest absolute Gasteiger partial charge is 0.318 e. The number of carbonyl (C=O) groups excluding carboxylic acids is 1. The van der Waals surface area contributed by atoms with Gasteiger partial charge in [-0.1, -0.05) is 60.7 Å². The average Bonchev–Trinajstić information content (AvgIpc) is 3.19. The molecule has 0 bridgehead atoms. The first kappa shape index (κ1) is 13.4. The minimum absolute atomic E-state index is 0.0601. The Hall–Kier alpha value is -2.29. The Bertz CT molecular complexity index is 606. The maximum Gasteiger partial charge on any atom is 0.318 e.